The van der Waals surface area contributed by atoms with Crippen molar-refractivity contribution in [3.05, 3.63) is 54.1 Å². The molecule has 40 heavy (non-hydrogen) atoms. The molecule has 2 aromatic heterocycles. The monoisotopic (exact) mass is 554 g/mol. The number of carbonyl (C=O) groups excluding carboxylic acids is 2. The second kappa shape index (κ2) is 13.6. The Morgan fingerprint density at radius 3 is 2.77 bits per heavy atom. The zero-order valence-electron chi connectivity index (χ0n) is 23.4. The Morgan fingerprint density at radius 1 is 1.30 bits per heavy atom. The van der Waals surface area contributed by atoms with E-state index >= 15 is 0 Å². The molecule has 3 rings (SSSR count). The van der Waals surface area contributed by atoms with E-state index in [-0.39, 0.29) is 36.8 Å². The van der Waals surface area contributed by atoms with E-state index in [1.54, 1.807) is 52.1 Å². The number of nitrogens with one attached hydrogen (secondary N) is 1. The van der Waals surface area contributed by atoms with Gasteiger partial charge in [0.25, 0.3) is 5.88 Å². The number of hydrogen-bond donors (Lipinski definition) is 1. The van der Waals surface area contributed by atoms with Gasteiger partial charge in [-0.1, -0.05) is 0 Å². The Hall–Kier alpha value is -4.35. The molecule has 0 radical (unpaired) electrons. The third-order valence-corrected chi connectivity index (χ3v) is 5.50. The summed E-state index contributed by atoms with van der Waals surface area (Å²) in [5.41, 5.74) is 0.0341. The van der Waals surface area contributed by atoms with Crippen LogP contribution in [0.15, 0.2) is 58.5 Å². The van der Waals surface area contributed by atoms with E-state index in [1.165, 1.54) is 23.5 Å². The van der Waals surface area contributed by atoms with E-state index < -0.39 is 29.8 Å². The Morgan fingerprint density at radius 2 is 2.08 bits per heavy atom. The van der Waals surface area contributed by atoms with E-state index in [2.05, 4.69) is 32.0 Å². The second-order valence-electron chi connectivity index (χ2n) is 10.1. The number of pyridine rings is 2. The largest absolute Gasteiger partial charge is 0.488 e. The van der Waals surface area contributed by atoms with Crippen molar-refractivity contribution in [1.29, 1.82) is 0 Å². The molecule has 1 N–H and O–H groups in total. The van der Waals surface area contributed by atoms with Gasteiger partial charge in [-0.25, -0.2) is 24.2 Å². The molecular weight excluding hydrogens is 519 g/mol. The summed E-state index contributed by atoms with van der Waals surface area (Å²) < 4.78 is 31.1. The molecular formula is C28H35FN6O5. The van der Waals surface area contributed by atoms with Gasteiger partial charge in [-0.15, -0.1) is 0 Å². The Labute approximate surface area is 233 Å². The van der Waals surface area contributed by atoms with Crippen molar-refractivity contribution in [1.82, 2.24) is 20.2 Å². The number of hydrogen-bond acceptors (Lipinski definition) is 8. The molecule has 2 amide bonds. The van der Waals surface area contributed by atoms with Crippen molar-refractivity contribution in [2.24, 2.45) is 9.98 Å². The SMILES string of the molecule is C=N/C(=N\C=C(/C)C(=O)N[C@H]1C[C@H](F)CN(C(=O)OC(C)(C)C)C1)c1cncc(Oc2ncccc2OCC)c1. The van der Waals surface area contributed by atoms with E-state index in [1.807, 2.05) is 6.92 Å². The van der Waals surface area contributed by atoms with Gasteiger partial charge in [-0.2, -0.15) is 0 Å². The van der Waals surface area contributed by atoms with Crippen molar-refractivity contribution in [2.75, 3.05) is 19.7 Å². The van der Waals surface area contributed by atoms with E-state index in [4.69, 9.17) is 14.2 Å². The molecule has 0 saturated carbocycles. The highest BCUT2D eigenvalue weighted by atomic mass is 19.1. The van der Waals surface area contributed by atoms with Gasteiger partial charge in [0.1, 0.15) is 17.5 Å². The lowest BCUT2D eigenvalue weighted by Gasteiger charge is -2.36. The first-order valence-corrected chi connectivity index (χ1v) is 12.8. The van der Waals surface area contributed by atoms with Crippen LogP contribution in [0.5, 0.6) is 17.4 Å². The van der Waals surface area contributed by atoms with Gasteiger partial charge in [0.2, 0.25) is 5.91 Å². The Kier molecular flexibility index (Phi) is 10.3. The molecule has 2 atom stereocenters. The first kappa shape index (κ1) is 30.2. The van der Waals surface area contributed by atoms with Gasteiger partial charge < -0.3 is 24.4 Å². The normalized spacial score (nSPS) is 18.1. The smallest absolute Gasteiger partial charge is 0.410 e. The summed E-state index contributed by atoms with van der Waals surface area (Å²) in [5.74, 6) is 0.892. The maximum Gasteiger partial charge on any atom is 0.410 e. The Bertz CT molecular complexity index is 1280. The molecule has 214 valence electrons. The topological polar surface area (TPSA) is 128 Å². The van der Waals surface area contributed by atoms with Gasteiger partial charge in [-0.05, 0) is 59.5 Å². The molecule has 0 spiro atoms. The predicted octanol–water partition coefficient (Wildman–Crippen LogP) is 4.48. The molecule has 1 aliphatic heterocycles. The highest BCUT2D eigenvalue weighted by Gasteiger charge is 2.33. The molecule has 1 saturated heterocycles. The van der Waals surface area contributed by atoms with Crippen LogP contribution in [0, 0.1) is 0 Å². The quantitative estimate of drug-likeness (QED) is 0.289. The number of aromatic nitrogens is 2. The summed E-state index contributed by atoms with van der Waals surface area (Å²) >= 11 is 0. The minimum atomic E-state index is -1.29. The number of piperidine rings is 1. The third kappa shape index (κ3) is 8.85. The van der Waals surface area contributed by atoms with Crippen molar-refractivity contribution < 1.29 is 28.2 Å². The van der Waals surface area contributed by atoms with Crippen LogP contribution in [-0.2, 0) is 9.53 Å². The number of aliphatic imine (C=N–C) groups is 2. The third-order valence-electron chi connectivity index (χ3n) is 5.50. The van der Waals surface area contributed by atoms with Crippen LogP contribution in [0.4, 0.5) is 9.18 Å². The average Bonchev–Trinajstić information content (AvgIpc) is 2.89. The number of likely N-dealkylation sites (tertiary alicyclic amines) is 1. The number of amidine groups is 1. The van der Waals surface area contributed by atoms with Crippen LogP contribution in [0.25, 0.3) is 0 Å². The molecule has 2 aromatic rings. The first-order valence-electron chi connectivity index (χ1n) is 12.8. The molecule has 11 nitrogen and oxygen atoms in total. The summed E-state index contributed by atoms with van der Waals surface area (Å²) in [6.45, 7) is 12.7. The number of carbonyl (C=O) groups is 2. The van der Waals surface area contributed by atoms with Crippen LogP contribution in [0.1, 0.15) is 46.6 Å². The fourth-order valence-corrected chi connectivity index (χ4v) is 3.77. The number of ether oxygens (including phenoxy) is 3. The lowest BCUT2D eigenvalue weighted by atomic mass is 10.0. The average molecular weight is 555 g/mol. The van der Waals surface area contributed by atoms with Crippen LogP contribution < -0.4 is 14.8 Å². The number of amides is 2. The van der Waals surface area contributed by atoms with E-state index in [0.717, 1.165) is 0 Å². The molecule has 1 aliphatic rings. The van der Waals surface area contributed by atoms with Crippen molar-refractivity contribution >= 4 is 24.6 Å². The minimum absolute atomic E-state index is 0.0841. The van der Waals surface area contributed by atoms with Crippen LogP contribution in [0.2, 0.25) is 0 Å². The summed E-state index contributed by atoms with van der Waals surface area (Å²) in [5, 5.41) is 2.77. The Balaban J connectivity index is 1.68. The zero-order valence-corrected chi connectivity index (χ0v) is 23.4. The van der Waals surface area contributed by atoms with Crippen LogP contribution in [-0.4, -0.2) is 76.9 Å². The fourth-order valence-electron chi connectivity index (χ4n) is 3.77. The lowest BCUT2D eigenvalue weighted by molar-refractivity contribution is -0.118. The van der Waals surface area contributed by atoms with E-state index in [9.17, 15) is 14.0 Å². The fraction of sp³-hybridized carbons (Fsp3) is 0.429. The van der Waals surface area contributed by atoms with E-state index in [0.29, 0.717) is 23.7 Å². The van der Waals surface area contributed by atoms with Crippen molar-refractivity contribution in [3.8, 4) is 17.4 Å². The summed E-state index contributed by atoms with van der Waals surface area (Å²) in [6, 6.07) is 4.56. The predicted molar refractivity (Wildman–Crippen MR) is 149 cm³/mol. The van der Waals surface area contributed by atoms with Crippen LogP contribution >= 0.6 is 0 Å². The summed E-state index contributed by atoms with van der Waals surface area (Å²) in [4.78, 5) is 43.1. The maximum absolute atomic E-state index is 14.4. The van der Waals surface area contributed by atoms with Gasteiger partial charge in [0.15, 0.2) is 11.6 Å². The second-order valence-corrected chi connectivity index (χ2v) is 10.1. The molecule has 0 bridgehead atoms. The standard InChI is InChI=1S/C28H35FN6O5/c1-7-38-23-9-8-10-32-26(23)39-22-11-19(14-31-15-22)24(30-6)33-13-18(2)25(36)34-21-12-20(29)16-35(17-21)27(37)40-28(3,4)5/h8-11,13-15,20-21H,6-7,12,16-17H2,1-5H3,(H,34,36)/b18-13+,33-24-/t20-,21-/m0/s1. The number of nitrogens with zero attached hydrogens (tertiary/aromatic N) is 5. The molecule has 12 heteroatoms. The number of rotatable bonds is 8. The molecule has 3 heterocycles. The highest BCUT2D eigenvalue weighted by molar-refractivity contribution is 6.02. The van der Waals surface area contributed by atoms with Crippen molar-refractivity contribution in [3.63, 3.8) is 0 Å². The van der Waals surface area contributed by atoms with Gasteiger partial charge in [0.05, 0.1) is 19.3 Å². The lowest BCUT2D eigenvalue weighted by Crippen LogP contribution is -2.54. The molecule has 0 unspecified atom stereocenters. The minimum Gasteiger partial charge on any atom is -0.488 e. The van der Waals surface area contributed by atoms with Gasteiger partial charge in [-0.3, -0.25) is 9.78 Å². The zero-order chi connectivity index (χ0) is 29.3. The molecule has 0 aromatic carbocycles. The van der Waals surface area contributed by atoms with Crippen LogP contribution in [0.3, 0.4) is 0 Å². The molecule has 0 aliphatic carbocycles. The van der Waals surface area contributed by atoms with Crippen molar-refractivity contribution in [2.45, 2.75) is 58.9 Å². The van der Waals surface area contributed by atoms with Gasteiger partial charge >= 0.3 is 6.09 Å². The number of alkyl halides is 1. The van der Waals surface area contributed by atoms with Gasteiger partial charge in [0, 0.05) is 48.7 Å². The summed E-state index contributed by atoms with van der Waals surface area (Å²) in [7, 11) is 0. The number of halogens is 1. The highest BCUT2D eigenvalue weighted by Crippen LogP contribution is 2.29. The maximum atomic E-state index is 14.4. The first-order chi connectivity index (χ1) is 19.0. The summed E-state index contributed by atoms with van der Waals surface area (Å²) in [6.07, 6.45) is 4.13. The molecule has 1 fully saturated rings.